The highest BCUT2D eigenvalue weighted by molar-refractivity contribution is 8.25. The molecule has 1 aliphatic carbocycles. The zero-order valence-corrected chi connectivity index (χ0v) is 9.33. The molecular weight excluding hydrogens is 196 g/mol. The Kier molecular flexibility index (Phi) is 2.04. The first-order valence-corrected chi connectivity index (χ1v) is 7.01. The Morgan fingerprint density at radius 3 is 2.21 bits per heavy atom. The Bertz CT molecular complexity index is 354. The highest BCUT2D eigenvalue weighted by atomic mass is 32.2. The molecule has 2 aliphatic rings. The molecule has 0 aromatic carbocycles. The van der Waals surface area contributed by atoms with E-state index in [1.54, 1.807) is 0 Å². The van der Waals surface area contributed by atoms with Crippen LogP contribution >= 0.6 is 9.39 Å². The number of nitrogens with two attached hydrogens (primary N) is 2. The normalized spacial score (nSPS) is 36.5. The number of nitrogens with zero attached hydrogens (tertiary/aromatic N) is 2. The molecule has 0 radical (unpaired) electrons. The van der Waals surface area contributed by atoms with Gasteiger partial charge in [-0.15, -0.1) is 0 Å². The van der Waals surface area contributed by atoms with Crippen LogP contribution in [0.3, 0.4) is 0 Å². The van der Waals surface area contributed by atoms with Crippen molar-refractivity contribution in [3.8, 4) is 0 Å². The van der Waals surface area contributed by atoms with E-state index in [1.165, 1.54) is 0 Å². The quantitative estimate of drug-likeness (QED) is 0.366. The van der Waals surface area contributed by atoms with Crippen LogP contribution in [-0.2, 0) is 0 Å². The van der Waals surface area contributed by atoms with Gasteiger partial charge in [0.1, 0.15) is 0 Å². The van der Waals surface area contributed by atoms with Gasteiger partial charge in [-0.1, -0.05) is 11.7 Å². The maximum Gasteiger partial charge on any atom is 0.186 e. The molecular formula is C9H18N4S. The number of piperidine rings is 1. The molecule has 0 aromatic rings. The molecule has 0 spiro atoms. The zero-order valence-electron chi connectivity index (χ0n) is 8.52. The van der Waals surface area contributed by atoms with Gasteiger partial charge in [0.05, 0.1) is 6.04 Å². The van der Waals surface area contributed by atoms with E-state index in [1.807, 2.05) is 0 Å². The van der Waals surface area contributed by atoms with Crippen molar-refractivity contribution in [3.05, 3.63) is 0 Å². The molecule has 1 heterocycles. The van der Waals surface area contributed by atoms with Crippen molar-refractivity contribution < 1.29 is 0 Å². The van der Waals surface area contributed by atoms with Gasteiger partial charge in [0.2, 0.25) is 0 Å². The Morgan fingerprint density at radius 1 is 1.36 bits per heavy atom. The van der Waals surface area contributed by atoms with E-state index in [0.29, 0.717) is 17.9 Å². The largest absolute Gasteiger partial charge is 0.370 e. The molecule has 0 amide bonds. The molecule has 80 valence electrons. The Hall–Kier alpha value is -0.680. The molecule has 1 saturated carbocycles. The number of hydrogen-bond donors (Lipinski definition) is 2. The summed E-state index contributed by atoms with van der Waals surface area (Å²) in [5, 5.41) is 0. The molecule has 2 fully saturated rings. The van der Waals surface area contributed by atoms with Crippen LogP contribution in [0.5, 0.6) is 0 Å². The van der Waals surface area contributed by atoms with Crippen LogP contribution in [0.2, 0.25) is 0 Å². The molecule has 2 atom stereocenters. The fraction of sp³-hybridized carbons (Fsp3) is 0.667. The molecule has 5 heteroatoms. The number of rotatable bonds is 2. The van der Waals surface area contributed by atoms with E-state index < -0.39 is 9.39 Å². The van der Waals surface area contributed by atoms with Crippen LogP contribution in [0.4, 0.5) is 0 Å². The smallest absolute Gasteiger partial charge is 0.186 e. The van der Waals surface area contributed by atoms with Gasteiger partial charge in [-0.05, 0) is 6.26 Å². The van der Waals surface area contributed by atoms with Gasteiger partial charge in [0, 0.05) is 24.9 Å². The van der Waals surface area contributed by atoms with Crippen molar-refractivity contribution in [2.75, 3.05) is 19.3 Å². The monoisotopic (exact) mass is 214 g/mol. The van der Waals surface area contributed by atoms with Crippen LogP contribution in [-0.4, -0.2) is 47.4 Å². The first kappa shape index (κ1) is 9.86. The summed E-state index contributed by atoms with van der Waals surface area (Å²) in [6.45, 7) is 2.12. The Morgan fingerprint density at radius 2 is 1.86 bits per heavy atom. The maximum atomic E-state index is 5.35. The number of aliphatic imine (C=N–C) groups is 1. The second kappa shape index (κ2) is 2.90. The molecule has 2 unspecified atom stereocenters. The lowest BCUT2D eigenvalue weighted by atomic mass is 10.4. The number of hydrogen-bond acceptors (Lipinski definition) is 2. The summed E-state index contributed by atoms with van der Waals surface area (Å²) in [4.78, 5) is 4.20. The fourth-order valence-corrected chi connectivity index (χ4v) is 3.24. The van der Waals surface area contributed by atoms with Gasteiger partial charge in [-0.25, -0.2) is 4.99 Å². The second-order valence-corrected chi connectivity index (χ2v) is 7.40. The van der Waals surface area contributed by atoms with Crippen molar-refractivity contribution >= 4 is 27.1 Å². The molecule has 0 aromatic heterocycles. The van der Waals surface area contributed by atoms with E-state index in [-0.39, 0.29) is 5.96 Å². The van der Waals surface area contributed by atoms with E-state index in [9.17, 15) is 0 Å². The lowest BCUT2D eigenvalue weighted by Gasteiger charge is -2.24. The molecule has 0 bridgehead atoms. The summed E-state index contributed by atoms with van der Waals surface area (Å²) in [5.74, 6) is 9.72. The minimum Gasteiger partial charge on any atom is -0.370 e. The van der Waals surface area contributed by atoms with Crippen molar-refractivity contribution in [2.45, 2.75) is 6.04 Å². The third-order valence-electron chi connectivity index (χ3n) is 3.04. The minimum atomic E-state index is -1.03. The second-order valence-electron chi connectivity index (χ2n) is 4.44. The lowest BCUT2D eigenvalue weighted by Crippen LogP contribution is -2.26. The lowest BCUT2D eigenvalue weighted by molar-refractivity contribution is 0.497. The van der Waals surface area contributed by atoms with Crippen LogP contribution in [0.1, 0.15) is 0 Å². The van der Waals surface area contributed by atoms with Crippen LogP contribution in [0.25, 0.3) is 0 Å². The predicted molar refractivity (Wildman–Crippen MR) is 65.9 cm³/mol. The molecule has 1 saturated heterocycles. The summed E-state index contributed by atoms with van der Waals surface area (Å²) >= 11 is 0. The van der Waals surface area contributed by atoms with Gasteiger partial charge in [-0.3, -0.25) is 4.31 Å². The molecule has 4 nitrogen and oxygen atoms in total. The SMILES string of the molecule is C=S(=C)(C)N1CC2C(C1)C2N=C(N)N. The van der Waals surface area contributed by atoms with Crippen LogP contribution in [0.15, 0.2) is 4.99 Å². The highest BCUT2D eigenvalue weighted by Crippen LogP contribution is 2.50. The zero-order chi connectivity index (χ0) is 10.5. The molecule has 1 aliphatic heterocycles. The molecule has 14 heavy (non-hydrogen) atoms. The first-order chi connectivity index (χ1) is 6.39. The van der Waals surface area contributed by atoms with E-state index in [4.69, 9.17) is 11.5 Å². The fourth-order valence-electron chi connectivity index (χ4n) is 2.18. The average molecular weight is 214 g/mol. The summed E-state index contributed by atoms with van der Waals surface area (Å²) in [5.41, 5.74) is 10.7. The van der Waals surface area contributed by atoms with Crippen LogP contribution < -0.4 is 11.5 Å². The first-order valence-electron chi connectivity index (χ1n) is 4.68. The molecule has 2 rings (SSSR count). The van der Waals surface area contributed by atoms with E-state index >= 15 is 0 Å². The van der Waals surface area contributed by atoms with Crippen molar-refractivity contribution in [3.63, 3.8) is 0 Å². The van der Waals surface area contributed by atoms with Crippen molar-refractivity contribution in [1.82, 2.24) is 4.31 Å². The van der Waals surface area contributed by atoms with Gasteiger partial charge in [0.25, 0.3) is 0 Å². The minimum absolute atomic E-state index is 0.218. The average Bonchev–Trinajstić information content (AvgIpc) is 2.50. The Labute approximate surface area is 85.6 Å². The summed E-state index contributed by atoms with van der Waals surface area (Å²) in [6.07, 6.45) is 2.12. The van der Waals surface area contributed by atoms with E-state index in [2.05, 4.69) is 27.3 Å². The summed E-state index contributed by atoms with van der Waals surface area (Å²) in [7, 11) is -1.03. The van der Waals surface area contributed by atoms with Gasteiger partial charge in [-0.2, -0.15) is 9.39 Å². The standard InChI is InChI=1S/C9H18N4S/c1-14(2,3)13-4-6-7(5-13)8(6)12-9(10)11/h6-8H,1-2,4-5H2,3H3,(H4,10,11,12). The van der Waals surface area contributed by atoms with Crippen molar-refractivity contribution in [1.29, 1.82) is 0 Å². The Balaban J connectivity index is 1.97. The van der Waals surface area contributed by atoms with Gasteiger partial charge >= 0.3 is 0 Å². The summed E-state index contributed by atoms with van der Waals surface area (Å²) in [6, 6.07) is 0.373. The van der Waals surface area contributed by atoms with Gasteiger partial charge in [0.15, 0.2) is 5.96 Å². The van der Waals surface area contributed by atoms with Crippen molar-refractivity contribution in [2.24, 2.45) is 28.3 Å². The third-order valence-corrected chi connectivity index (χ3v) is 4.58. The maximum absolute atomic E-state index is 5.35. The number of guanidine groups is 1. The molecule has 4 N–H and O–H groups in total. The van der Waals surface area contributed by atoms with E-state index in [0.717, 1.165) is 13.1 Å². The van der Waals surface area contributed by atoms with Crippen LogP contribution in [0, 0.1) is 11.8 Å². The number of fused-ring (bicyclic) bond motifs is 1. The summed E-state index contributed by atoms with van der Waals surface area (Å²) < 4.78 is 2.38. The van der Waals surface area contributed by atoms with Gasteiger partial charge < -0.3 is 11.5 Å². The highest BCUT2D eigenvalue weighted by Gasteiger charge is 2.56. The topological polar surface area (TPSA) is 67.6 Å². The third kappa shape index (κ3) is 1.62. The predicted octanol–water partition coefficient (Wildman–Crippen LogP) is -0.597.